The minimum atomic E-state index is -0.514. The predicted octanol–water partition coefficient (Wildman–Crippen LogP) is 6.86. The molecule has 184 valence electrons. The van der Waals surface area contributed by atoms with Gasteiger partial charge in [-0.15, -0.1) is 0 Å². The second-order valence-electron chi connectivity index (χ2n) is 7.83. The molecular weight excluding hydrogens is 756 g/mol. The molecule has 0 aliphatic heterocycles. The van der Waals surface area contributed by atoms with Crippen LogP contribution in [0.15, 0.2) is 63.0 Å². The SMILES string of the molecule is CC[C@@H](C)c1nc2ccc(Br)cc2c(=O)n1N=Cc1cc(I)c(Oc2ccc([N+](=O)[O-])cn2)c(I)c1. The molecule has 0 radical (unpaired) electrons. The van der Waals surface area contributed by atoms with Crippen LogP contribution in [0, 0.1) is 17.3 Å². The van der Waals surface area contributed by atoms with Crippen molar-refractivity contribution in [2.75, 3.05) is 0 Å². The number of rotatable bonds is 7. The Morgan fingerprint density at radius 1 is 1.22 bits per heavy atom. The van der Waals surface area contributed by atoms with E-state index < -0.39 is 4.92 Å². The molecule has 0 bridgehead atoms. The lowest BCUT2D eigenvalue weighted by atomic mass is 10.1. The summed E-state index contributed by atoms with van der Waals surface area (Å²) in [4.78, 5) is 32.4. The summed E-state index contributed by atoms with van der Waals surface area (Å²) >= 11 is 7.71. The maximum Gasteiger partial charge on any atom is 0.287 e. The summed E-state index contributed by atoms with van der Waals surface area (Å²) in [5, 5.41) is 15.8. The fraction of sp³-hybridized carbons (Fsp3) is 0.167. The van der Waals surface area contributed by atoms with Gasteiger partial charge in [-0.2, -0.15) is 9.78 Å². The zero-order valence-corrected chi connectivity index (χ0v) is 24.9. The molecular formula is C24H18BrI2N5O4. The van der Waals surface area contributed by atoms with Gasteiger partial charge in [0, 0.05) is 22.5 Å². The lowest BCUT2D eigenvalue weighted by Gasteiger charge is -2.14. The smallest absolute Gasteiger partial charge is 0.287 e. The van der Waals surface area contributed by atoms with E-state index in [1.54, 1.807) is 12.3 Å². The van der Waals surface area contributed by atoms with E-state index in [0.717, 1.165) is 29.8 Å². The Bertz CT molecular complexity index is 1530. The molecule has 0 amide bonds. The first-order chi connectivity index (χ1) is 17.2. The van der Waals surface area contributed by atoms with Crippen LogP contribution in [0.5, 0.6) is 11.6 Å². The molecule has 4 aromatic rings. The van der Waals surface area contributed by atoms with Crippen LogP contribution in [-0.4, -0.2) is 25.8 Å². The first-order valence-electron chi connectivity index (χ1n) is 10.7. The third kappa shape index (κ3) is 5.75. The van der Waals surface area contributed by atoms with Crippen molar-refractivity contribution in [3.8, 4) is 11.6 Å². The number of pyridine rings is 1. The summed E-state index contributed by atoms with van der Waals surface area (Å²) in [7, 11) is 0. The average molecular weight is 774 g/mol. The van der Waals surface area contributed by atoms with E-state index in [2.05, 4.69) is 71.2 Å². The van der Waals surface area contributed by atoms with Gasteiger partial charge in [-0.25, -0.2) is 9.97 Å². The first kappa shape index (κ1) is 26.6. The van der Waals surface area contributed by atoms with E-state index in [4.69, 9.17) is 9.72 Å². The van der Waals surface area contributed by atoms with Crippen LogP contribution < -0.4 is 10.3 Å². The summed E-state index contributed by atoms with van der Waals surface area (Å²) in [6, 6.07) is 12.0. The number of aromatic nitrogens is 3. The highest BCUT2D eigenvalue weighted by molar-refractivity contribution is 14.1. The van der Waals surface area contributed by atoms with Crippen LogP contribution in [0.4, 0.5) is 5.69 Å². The van der Waals surface area contributed by atoms with Gasteiger partial charge in [-0.3, -0.25) is 14.9 Å². The van der Waals surface area contributed by atoms with Gasteiger partial charge in [0.05, 0.1) is 29.2 Å². The van der Waals surface area contributed by atoms with Gasteiger partial charge < -0.3 is 4.74 Å². The van der Waals surface area contributed by atoms with Crippen molar-refractivity contribution in [2.45, 2.75) is 26.2 Å². The second-order valence-corrected chi connectivity index (χ2v) is 11.1. The van der Waals surface area contributed by atoms with Gasteiger partial charge in [-0.05, 0) is 87.5 Å². The number of hydrogen-bond acceptors (Lipinski definition) is 7. The Kier molecular flexibility index (Phi) is 8.34. The monoisotopic (exact) mass is 773 g/mol. The van der Waals surface area contributed by atoms with E-state index in [1.807, 2.05) is 38.1 Å². The largest absolute Gasteiger partial charge is 0.437 e. The summed E-state index contributed by atoms with van der Waals surface area (Å²) in [6.45, 7) is 4.06. The normalized spacial score (nSPS) is 12.2. The second kappa shape index (κ2) is 11.3. The van der Waals surface area contributed by atoms with Crippen LogP contribution in [0.25, 0.3) is 10.9 Å². The summed E-state index contributed by atoms with van der Waals surface area (Å²) in [6.07, 6.45) is 3.58. The molecule has 0 fully saturated rings. The number of halogens is 3. The fourth-order valence-corrected chi connectivity index (χ4v) is 5.70. The Balaban J connectivity index is 1.69. The molecule has 2 heterocycles. The van der Waals surface area contributed by atoms with Crippen molar-refractivity contribution in [1.29, 1.82) is 0 Å². The van der Waals surface area contributed by atoms with E-state index in [1.165, 1.54) is 16.8 Å². The van der Waals surface area contributed by atoms with Crippen LogP contribution in [-0.2, 0) is 0 Å². The summed E-state index contributed by atoms with van der Waals surface area (Å²) < 4.78 is 9.61. The Labute approximate surface area is 241 Å². The minimum absolute atomic E-state index is 0.0353. The molecule has 0 spiro atoms. The third-order valence-corrected chi connectivity index (χ3v) is 7.46. The number of nitrogens with zero attached hydrogens (tertiary/aromatic N) is 5. The molecule has 0 N–H and O–H groups in total. The van der Waals surface area contributed by atoms with Crippen molar-refractivity contribution in [3.05, 3.63) is 92.1 Å². The van der Waals surface area contributed by atoms with Crippen molar-refractivity contribution in [2.24, 2.45) is 5.10 Å². The molecule has 9 nitrogen and oxygen atoms in total. The van der Waals surface area contributed by atoms with Crippen LogP contribution in [0.3, 0.4) is 0 Å². The van der Waals surface area contributed by atoms with E-state index in [9.17, 15) is 14.9 Å². The number of hydrogen-bond donors (Lipinski definition) is 0. The molecule has 4 rings (SSSR count). The molecule has 1 atom stereocenters. The fourth-order valence-electron chi connectivity index (χ4n) is 3.30. The van der Waals surface area contributed by atoms with E-state index in [0.29, 0.717) is 22.5 Å². The number of ether oxygens (including phenoxy) is 1. The maximum absolute atomic E-state index is 13.3. The van der Waals surface area contributed by atoms with Crippen LogP contribution in [0.1, 0.15) is 37.6 Å². The standard InChI is InChI=1S/C24H18BrI2N5O4/c1-3-13(2)23-30-20-6-4-15(25)10-17(20)24(33)31(23)29-11-14-8-18(26)22(19(27)9-14)36-21-7-5-16(12-28-21)32(34)35/h4-13H,3H2,1-2H3/t13-/m1/s1. The topological polar surface area (TPSA) is 113 Å². The maximum atomic E-state index is 13.3. The highest BCUT2D eigenvalue weighted by Gasteiger charge is 2.16. The number of fused-ring (bicyclic) bond motifs is 1. The minimum Gasteiger partial charge on any atom is -0.437 e. The Hall–Kier alpha value is -2.46. The quantitative estimate of drug-likeness (QED) is 0.0879. The third-order valence-electron chi connectivity index (χ3n) is 5.37. The molecule has 12 heteroatoms. The molecule has 0 aliphatic carbocycles. The van der Waals surface area contributed by atoms with Crippen molar-refractivity contribution >= 4 is 83.9 Å². The zero-order chi connectivity index (χ0) is 26.0. The molecule has 0 saturated heterocycles. The Morgan fingerprint density at radius 2 is 1.94 bits per heavy atom. The molecule has 0 saturated carbocycles. The van der Waals surface area contributed by atoms with Gasteiger partial charge in [0.2, 0.25) is 5.88 Å². The lowest BCUT2D eigenvalue weighted by Crippen LogP contribution is -2.23. The van der Waals surface area contributed by atoms with Gasteiger partial charge in [0.1, 0.15) is 12.0 Å². The van der Waals surface area contributed by atoms with Crippen LogP contribution >= 0.6 is 61.1 Å². The average Bonchev–Trinajstić information content (AvgIpc) is 2.85. The van der Waals surface area contributed by atoms with Crippen LogP contribution in [0.2, 0.25) is 0 Å². The van der Waals surface area contributed by atoms with Gasteiger partial charge in [0.25, 0.3) is 11.2 Å². The molecule has 2 aromatic carbocycles. The highest BCUT2D eigenvalue weighted by atomic mass is 127. The van der Waals surface area contributed by atoms with Crippen molar-refractivity contribution in [1.82, 2.24) is 14.6 Å². The zero-order valence-electron chi connectivity index (χ0n) is 19.0. The number of nitro groups is 1. The highest BCUT2D eigenvalue weighted by Crippen LogP contribution is 2.32. The lowest BCUT2D eigenvalue weighted by molar-refractivity contribution is -0.385. The molecule has 0 aliphatic rings. The van der Waals surface area contributed by atoms with E-state index >= 15 is 0 Å². The van der Waals surface area contributed by atoms with Gasteiger partial charge in [-0.1, -0.05) is 29.8 Å². The Morgan fingerprint density at radius 3 is 2.56 bits per heavy atom. The van der Waals surface area contributed by atoms with Gasteiger partial charge >= 0.3 is 0 Å². The summed E-state index contributed by atoms with van der Waals surface area (Å²) in [5.74, 6) is 1.45. The first-order valence-corrected chi connectivity index (χ1v) is 13.7. The molecule has 2 aromatic heterocycles. The number of benzene rings is 2. The van der Waals surface area contributed by atoms with Gasteiger partial charge in [0.15, 0.2) is 5.75 Å². The predicted molar refractivity (Wildman–Crippen MR) is 158 cm³/mol. The summed E-state index contributed by atoms with van der Waals surface area (Å²) in [5.41, 5.74) is 1.06. The molecule has 0 unspecified atom stereocenters. The van der Waals surface area contributed by atoms with Crippen molar-refractivity contribution in [3.63, 3.8) is 0 Å². The van der Waals surface area contributed by atoms with Crippen molar-refractivity contribution < 1.29 is 9.66 Å². The van der Waals surface area contributed by atoms with E-state index in [-0.39, 0.29) is 23.0 Å². The molecule has 36 heavy (non-hydrogen) atoms.